The van der Waals surface area contributed by atoms with E-state index in [1.807, 2.05) is 41.1 Å². The Kier molecular flexibility index (Phi) is 4.27. The van der Waals surface area contributed by atoms with Crippen LogP contribution in [0, 0.1) is 11.3 Å². The van der Waals surface area contributed by atoms with E-state index in [1.54, 1.807) is 25.4 Å². The SMILES string of the molecule is CCc1ccc(-c2c(-c3ccc(C#N)cc3)nc(OC)n3ccnc23)cn1. The lowest BCUT2D eigenvalue weighted by Gasteiger charge is -2.14. The predicted octanol–water partition coefficient (Wildman–Crippen LogP) is 3.90. The number of hydrogen-bond acceptors (Lipinski definition) is 5. The van der Waals surface area contributed by atoms with Crippen LogP contribution in [0.5, 0.6) is 6.01 Å². The van der Waals surface area contributed by atoms with E-state index in [4.69, 9.17) is 15.0 Å². The van der Waals surface area contributed by atoms with Crippen LogP contribution in [0.1, 0.15) is 18.2 Å². The van der Waals surface area contributed by atoms with E-state index in [0.29, 0.717) is 11.6 Å². The highest BCUT2D eigenvalue weighted by atomic mass is 16.5. The standard InChI is InChI=1S/C21H17N5O/c1-3-17-9-8-16(13-24-17)18-19(15-6-4-14(12-22)5-7-15)25-21(27-2)26-11-10-23-20(18)26/h4-11,13H,3H2,1-2H3. The fraction of sp³-hybridized carbons (Fsp3) is 0.143. The first kappa shape index (κ1) is 16.7. The number of ether oxygens (including phenoxy) is 1. The van der Waals surface area contributed by atoms with Crippen LogP contribution in [0.25, 0.3) is 28.0 Å². The van der Waals surface area contributed by atoms with Gasteiger partial charge in [0, 0.05) is 35.4 Å². The Hall–Kier alpha value is -3.72. The highest BCUT2D eigenvalue weighted by molar-refractivity contribution is 5.90. The summed E-state index contributed by atoms with van der Waals surface area (Å²) in [7, 11) is 1.58. The molecule has 0 bridgehead atoms. The molecule has 0 fully saturated rings. The zero-order chi connectivity index (χ0) is 18.8. The first-order valence-corrected chi connectivity index (χ1v) is 8.62. The molecule has 132 valence electrons. The maximum absolute atomic E-state index is 9.07. The zero-order valence-corrected chi connectivity index (χ0v) is 15.0. The minimum absolute atomic E-state index is 0.448. The van der Waals surface area contributed by atoms with Crippen LogP contribution in [0.15, 0.2) is 55.0 Å². The van der Waals surface area contributed by atoms with E-state index < -0.39 is 0 Å². The second kappa shape index (κ2) is 6.89. The molecule has 0 saturated carbocycles. The monoisotopic (exact) mass is 355 g/mol. The van der Waals surface area contributed by atoms with Gasteiger partial charge < -0.3 is 4.74 Å². The minimum atomic E-state index is 0.448. The molecule has 3 heterocycles. The number of pyridine rings is 1. The molecule has 27 heavy (non-hydrogen) atoms. The van der Waals surface area contributed by atoms with Gasteiger partial charge in [-0.25, -0.2) is 4.98 Å². The highest BCUT2D eigenvalue weighted by Crippen LogP contribution is 2.35. The molecule has 0 aliphatic heterocycles. The van der Waals surface area contributed by atoms with Crippen molar-refractivity contribution in [3.05, 3.63) is 66.2 Å². The summed E-state index contributed by atoms with van der Waals surface area (Å²) in [6, 6.07) is 14.0. The van der Waals surface area contributed by atoms with Crippen LogP contribution in [-0.2, 0) is 6.42 Å². The van der Waals surface area contributed by atoms with Gasteiger partial charge in [-0.3, -0.25) is 9.38 Å². The minimum Gasteiger partial charge on any atom is -0.468 e. The number of hydrogen-bond donors (Lipinski definition) is 0. The lowest BCUT2D eigenvalue weighted by molar-refractivity contribution is 0.375. The third-order valence-corrected chi connectivity index (χ3v) is 4.46. The molecular formula is C21H17N5O. The molecule has 1 aromatic carbocycles. The molecule has 0 radical (unpaired) electrons. The number of rotatable bonds is 4. The topological polar surface area (TPSA) is 76.1 Å². The molecule has 4 rings (SSSR count). The van der Waals surface area contributed by atoms with Crippen LogP contribution in [0.2, 0.25) is 0 Å². The van der Waals surface area contributed by atoms with Gasteiger partial charge in [-0.05, 0) is 24.6 Å². The van der Waals surface area contributed by atoms with Crippen LogP contribution in [-0.4, -0.2) is 26.5 Å². The van der Waals surface area contributed by atoms with Crippen molar-refractivity contribution in [2.24, 2.45) is 0 Å². The van der Waals surface area contributed by atoms with Gasteiger partial charge in [0.2, 0.25) is 0 Å². The van der Waals surface area contributed by atoms with Crippen LogP contribution >= 0.6 is 0 Å². The van der Waals surface area contributed by atoms with E-state index in [2.05, 4.69) is 23.0 Å². The molecule has 6 nitrogen and oxygen atoms in total. The van der Waals surface area contributed by atoms with Crippen molar-refractivity contribution in [1.29, 1.82) is 5.26 Å². The van der Waals surface area contributed by atoms with Crippen molar-refractivity contribution >= 4 is 5.65 Å². The molecule has 0 spiro atoms. The van der Waals surface area contributed by atoms with Crippen LogP contribution < -0.4 is 4.74 Å². The second-order valence-corrected chi connectivity index (χ2v) is 6.02. The van der Waals surface area contributed by atoms with Gasteiger partial charge in [0.15, 0.2) is 5.65 Å². The van der Waals surface area contributed by atoms with Gasteiger partial charge >= 0.3 is 6.01 Å². The number of benzene rings is 1. The van der Waals surface area contributed by atoms with Crippen LogP contribution in [0.4, 0.5) is 0 Å². The van der Waals surface area contributed by atoms with Crippen molar-refractivity contribution in [1.82, 2.24) is 19.4 Å². The molecule has 0 N–H and O–H groups in total. The van der Waals surface area contributed by atoms with Gasteiger partial charge in [0.1, 0.15) is 0 Å². The molecule has 0 saturated heterocycles. The molecular weight excluding hydrogens is 338 g/mol. The zero-order valence-electron chi connectivity index (χ0n) is 15.0. The molecule has 3 aromatic heterocycles. The van der Waals surface area contributed by atoms with Crippen molar-refractivity contribution in [3.8, 4) is 34.5 Å². The van der Waals surface area contributed by atoms with Gasteiger partial charge in [-0.2, -0.15) is 10.2 Å². The Bertz CT molecular complexity index is 1140. The summed E-state index contributed by atoms with van der Waals surface area (Å²) in [5.41, 5.74) is 5.79. The lowest BCUT2D eigenvalue weighted by atomic mass is 10.00. The molecule has 0 unspecified atom stereocenters. The van der Waals surface area contributed by atoms with E-state index in [-0.39, 0.29) is 0 Å². The van der Waals surface area contributed by atoms with Crippen LogP contribution in [0.3, 0.4) is 0 Å². The summed E-state index contributed by atoms with van der Waals surface area (Å²) in [5, 5.41) is 9.07. The Balaban J connectivity index is 2.01. The van der Waals surface area contributed by atoms with Gasteiger partial charge in [-0.1, -0.05) is 25.1 Å². The first-order chi connectivity index (χ1) is 13.2. The summed E-state index contributed by atoms with van der Waals surface area (Å²) in [6.45, 7) is 2.08. The molecule has 0 aliphatic carbocycles. The molecule has 0 amide bonds. The second-order valence-electron chi connectivity index (χ2n) is 6.02. The molecule has 4 aromatic rings. The largest absolute Gasteiger partial charge is 0.468 e. The predicted molar refractivity (Wildman–Crippen MR) is 102 cm³/mol. The number of imidazole rings is 1. The summed E-state index contributed by atoms with van der Waals surface area (Å²) in [5.74, 6) is 0. The third kappa shape index (κ3) is 2.89. The Morgan fingerprint density at radius 2 is 1.85 bits per heavy atom. The molecule has 0 atom stereocenters. The van der Waals surface area contributed by atoms with E-state index >= 15 is 0 Å². The quantitative estimate of drug-likeness (QED) is 0.555. The first-order valence-electron chi connectivity index (χ1n) is 8.62. The summed E-state index contributed by atoms with van der Waals surface area (Å²) in [6.07, 6.45) is 6.27. The van der Waals surface area contributed by atoms with Gasteiger partial charge in [0.05, 0.1) is 30.0 Å². The van der Waals surface area contributed by atoms with Gasteiger partial charge in [0.25, 0.3) is 0 Å². The number of methoxy groups -OCH3 is 1. The normalized spacial score (nSPS) is 10.7. The average Bonchev–Trinajstić information content (AvgIpc) is 3.22. The van der Waals surface area contributed by atoms with E-state index in [0.717, 1.165) is 40.1 Å². The fourth-order valence-electron chi connectivity index (χ4n) is 3.06. The summed E-state index contributed by atoms with van der Waals surface area (Å²) >= 11 is 0. The Labute approximate surface area is 156 Å². The number of nitriles is 1. The van der Waals surface area contributed by atoms with Crippen molar-refractivity contribution in [2.75, 3.05) is 7.11 Å². The maximum Gasteiger partial charge on any atom is 0.302 e. The summed E-state index contributed by atoms with van der Waals surface area (Å²) in [4.78, 5) is 13.8. The smallest absolute Gasteiger partial charge is 0.302 e. The maximum atomic E-state index is 9.07. The number of aryl methyl sites for hydroxylation is 1. The molecule has 0 aliphatic rings. The lowest BCUT2D eigenvalue weighted by Crippen LogP contribution is -2.02. The molecule has 6 heteroatoms. The Morgan fingerprint density at radius 3 is 2.48 bits per heavy atom. The van der Waals surface area contributed by atoms with E-state index in [1.165, 1.54) is 0 Å². The van der Waals surface area contributed by atoms with Crippen molar-refractivity contribution < 1.29 is 4.74 Å². The average molecular weight is 355 g/mol. The van der Waals surface area contributed by atoms with E-state index in [9.17, 15) is 0 Å². The number of aromatic nitrogens is 4. The fourth-order valence-corrected chi connectivity index (χ4v) is 3.06. The van der Waals surface area contributed by atoms with Crippen molar-refractivity contribution in [3.63, 3.8) is 0 Å². The van der Waals surface area contributed by atoms with Gasteiger partial charge in [-0.15, -0.1) is 0 Å². The number of nitrogens with zero attached hydrogens (tertiary/aromatic N) is 5. The number of fused-ring (bicyclic) bond motifs is 1. The van der Waals surface area contributed by atoms with Crippen molar-refractivity contribution in [2.45, 2.75) is 13.3 Å². The third-order valence-electron chi connectivity index (χ3n) is 4.46. The summed E-state index contributed by atoms with van der Waals surface area (Å²) < 4.78 is 7.28. The Morgan fingerprint density at radius 1 is 1.07 bits per heavy atom. The highest BCUT2D eigenvalue weighted by Gasteiger charge is 2.19.